The van der Waals surface area contributed by atoms with E-state index in [1.807, 2.05) is 7.05 Å². The second kappa shape index (κ2) is 5.75. The number of aliphatic carboxylic acids is 1. The van der Waals surface area contributed by atoms with E-state index in [9.17, 15) is 14.7 Å². The number of amides is 2. The molecule has 2 saturated heterocycles. The standard InChI is InChI=1S/C12H21N3O4/c1-14-4-2-3-8(6-14)13-12(19)15-7-9(16)5-10(15)11(17)18/h8-10,16H,2-7H2,1H3,(H,13,19)(H,17,18)/t8?,9-,10-/m0/s1. The molecular weight excluding hydrogens is 250 g/mol. The molecule has 2 rings (SSSR count). The molecule has 108 valence electrons. The zero-order valence-electron chi connectivity index (χ0n) is 11.1. The highest BCUT2D eigenvalue weighted by atomic mass is 16.4. The van der Waals surface area contributed by atoms with Crippen LogP contribution in [0.15, 0.2) is 0 Å². The molecule has 0 radical (unpaired) electrons. The zero-order valence-corrected chi connectivity index (χ0v) is 11.1. The summed E-state index contributed by atoms with van der Waals surface area (Å²) >= 11 is 0. The molecule has 19 heavy (non-hydrogen) atoms. The number of carbonyl (C=O) groups excluding carboxylic acids is 1. The Kier molecular flexibility index (Phi) is 4.26. The lowest BCUT2D eigenvalue weighted by Gasteiger charge is -2.32. The zero-order chi connectivity index (χ0) is 14.0. The smallest absolute Gasteiger partial charge is 0.326 e. The highest BCUT2D eigenvalue weighted by Crippen LogP contribution is 2.19. The van der Waals surface area contributed by atoms with Gasteiger partial charge in [-0.1, -0.05) is 0 Å². The fourth-order valence-corrected chi connectivity index (χ4v) is 2.81. The van der Waals surface area contributed by atoms with Crippen molar-refractivity contribution in [2.45, 2.75) is 37.5 Å². The van der Waals surface area contributed by atoms with Gasteiger partial charge in [-0.2, -0.15) is 0 Å². The summed E-state index contributed by atoms with van der Waals surface area (Å²) in [6, 6.07) is -1.25. The Hall–Kier alpha value is -1.34. The van der Waals surface area contributed by atoms with Crippen molar-refractivity contribution in [2.75, 3.05) is 26.7 Å². The van der Waals surface area contributed by atoms with Gasteiger partial charge >= 0.3 is 12.0 Å². The number of aliphatic hydroxyl groups excluding tert-OH is 1. The summed E-state index contributed by atoms with van der Waals surface area (Å²) in [6.07, 6.45) is 1.28. The number of hydrogen-bond acceptors (Lipinski definition) is 4. The molecule has 7 nitrogen and oxygen atoms in total. The number of carboxylic acids is 1. The third kappa shape index (κ3) is 3.36. The van der Waals surface area contributed by atoms with Gasteiger partial charge in [-0.05, 0) is 26.4 Å². The summed E-state index contributed by atoms with van der Waals surface area (Å²) in [5.74, 6) is -1.06. The van der Waals surface area contributed by atoms with Crippen LogP contribution in [0.1, 0.15) is 19.3 Å². The van der Waals surface area contributed by atoms with Crippen molar-refractivity contribution in [3.63, 3.8) is 0 Å². The van der Waals surface area contributed by atoms with E-state index in [-0.39, 0.29) is 25.0 Å². The van der Waals surface area contributed by atoms with Crippen molar-refractivity contribution in [1.82, 2.24) is 15.1 Å². The molecule has 2 heterocycles. The number of hydrogen-bond donors (Lipinski definition) is 3. The lowest BCUT2D eigenvalue weighted by molar-refractivity contribution is -0.141. The summed E-state index contributed by atoms with van der Waals surface area (Å²) in [6.45, 7) is 1.89. The number of nitrogens with zero attached hydrogens (tertiary/aromatic N) is 2. The van der Waals surface area contributed by atoms with E-state index in [0.717, 1.165) is 25.9 Å². The topological polar surface area (TPSA) is 93.1 Å². The Morgan fingerprint density at radius 1 is 1.32 bits per heavy atom. The van der Waals surface area contributed by atoms with Crippen LogP contribution in [0.3, 0.4) is 0 Å². The van der Waals surface area contributed by atoms with Gasteiger partial charge in [0.25, 0.3) is 0 Å². The minimum Gasteiger partial charge on any atom is -0.480 e. The number of nitrogens with one attached hydrogen (secondary N) is 1. The van der Waals surface area contributed by atoms with Crippen LogP contribution in [-0.2, 0) is 4.79 Å². The predicted molar refractivity (Wildman–Crippen MR) is 67.8 cm³/mol. The molecule has 0 aromatic rings. The summed E-state index contributed by atoms with van der Waals surface area (Å²) < 4.78 is 0. The molecule has 2 aliphatic heterocycles. The molecule has 2 fully saturated rings. The number of carbonyl (C=O) groups is 2. The van der Waals surface area contributed by atoms with E-state index < -0.39 is 18.1 Å². The normalized spacial score (nSPS) is 32.3. The number of piperidine rings is 1. The van der Waals surface area contributed by atoms with Crippen LogP contribution >= 0.6 is 0 Å². The molecule has 3 N–H and O–H groups in total. The molecule has 0 saturated carbocycles. The fraction of sp³-hybridized carbons (Fsp3) is 0.833. The van der Waals surface area contributed by atoms with Gasteiger partial charge in [0.2, 0.25) is 0 Å². The maximum Gasteiger partial charge on any atom is 0.326 e. The van der Waals surface area contributed by atoms with Crippen LogP contribution in [0, 0.1) is 0 Å². The molecule has 0 aromatic heterocycles. The molecule has 0 spiro atoms. The molecule has 3 atom stereocenters. The van der Waals surface area contributed by atoms with Crippen LogP contribution in [-0.4, -0.2) is 76.9 Å². The van der Waals surface area contributed by atoms with Gasteiger partial charge in [0.1, 0.15) is 6.04 Å². The minimum atomic E-state index is -1.06. The predicted octanol–water partition coefficient (Wildman–Crippen LogP) is -0.690. The third-order valence-electron chi connectivity index (χ3n) is 3.78. The third-order valence-corrected chi connectivity index (χ3v) is 3.78. The Bertz CT molecular complexity index is 363. The quantitative estimate of drug-likeness (QED) is 0.618. The number of carboxylic acid groups (broad SMARTS) is 1. The van der Waals surface area contributed by atoms with E-state index in [1.165, 1.54) is 4.90 Å². The largest absolute Gasteiger partial charge is 0.480 e. The highest BCUT2D eigenvalue weighted by Gasteiger charge is 2.39. The molecule has 2 aliphatic rings. The van der Waals surface area contributed by atoms with Crippen molar-refractivity contribution >= 4 is 12.0 Å². The van der Waals surface area contributed by atoms with Crippen molar-refractivity contribution < 1.29 is 19.8 Å². The average Bonchev–Trinajstić information content (AvgIpc) is 2.71. The van der Waals surface area contributed by atoms with Gasteiger partial charge in [-0.15, -0.1) is 0 Å². The molecular formula is C12H21N3O4. The van der Waals surface area contributed by atoms with Crippen molar-refractivity contribution in [2.24, 2.45) is 0 Å². The number of likely N-dealkylation sites (tertiary alicyclic amines) is 2. The Morgan fingerprint density at radius 3 is 2.68 bits per heavy atom. The highest BCUT2D eigenvalue weighted by molar-refractivity contribution is 5.83. The second-order valence-corrected chi connectivity index (χ2v) is 5.45. The second-order valence-electron chi connectivity index (χ2n) is 5.45. The lowest BCUT2D eigenvalue weighted by Crippen LogP contribution is -2.53. The Labute approximate surface area is 112 Å². The van der Waals surface area contributed by atoms with Gasteiger partial charge in [0, 0.05) is 25.6 Å². The molecule has 1 unspecified atom stereocenters. The summed E-state index contributed by atoms with van der Waals surface area (Å²) in [7, 11) is 2.00. The van der Waals surface area contributed by atoms with Crippen LogP contribution in [0.4, 0.5) is 4.79 Å². The van der Waals surface area contributed by atoms with E-state index in [1.54, 1.807) is 0 Å². The number of rotatable bonds is 2. The first-order chi connectivity index (χ1) is 8.97. The van der Waals surface area contributed by atoms with Gasteiger partial charge < -0.3 is 25.3 Å². The maximum absolute atomic E-state index is 12.1. The monoisotopic (exact) mass is 271 g/mol. The van der Waals surface area contributed by atoms with E-state index >= 15 is 0 Å². The molecule has 0 bridgehead atoms. The number of β-amino-alcohol motifs (C(OH)–C–C–N with tert-alkyl or cyclic N) is 1. The first kappa shape index (κ1) is 14.1. The van der Waals surface area contributed by atoms with Crippen LogP contribution in [0.5, 0.6) is 0 Å². The van der Waals surface area contributed by atoms with Crippen molar-refractivity contribution in [3.8, 4) is 0 Å². The van der Waals surface area contributed by atoms with E-state index in [2.05, 4.69) is 10.2 Å². The summed E-state index contributed by atoms with van der Waals surface area (Å²) in [5, 5.41) is 21.4. The fourth-order valence-electron chi connectivity index (χ4n) is 2.81. The van der Waals surface area contributed by atoms with E-state index in [4.69, 9.17) is 5.11 Å². The van der Waals surface area contributed by atoms with Crippen molar-refractivity contribution in [1.29, 1.82) is 0 Å². The molecule has 2 amide bonds. The van der Waals surface area contributed by atoms with Crippen LogP contribution < -0.4 is 5.32 Å². The minimum absolute atomic E-state index is 0.0541. The summed E-state index contributed by atoms with van der Waals surface area (Å²) in [4.78, 5) is 26.5. The number of likely N-dealkylation sites (N-methyl/N-ethyl adjacent to an activating group) is 1. The van der Waals surface area contributed by atoms with Crippen molar-refractivity contribution in [3.05, 3.63) is 0 Å². The van der Waals surface area contributed by atoms with Gasteiger partial charge in [-0.25, -0.2) is 9.59 Å². The van der Waals surface area contributed by atoms with Gasteiger partial charge in [0.15, 0.2) is 0 Å². The molecule has 0 aliphatic carbocycles. The maximum atomic E-state index is 12.1. The van der Waals surface area contributed by atoms with Gasteiger partial charge in [0.05, 0.1) is 6.10 Å². The summed E-state index contributed by atoms with van der Waals surface area (Å²) in [5.41, 5.74) is 0. The van der Waals surface area contributed by atoms with E-state index in [0.29, 0.717) is 0 Å². The van der Waals surface area contributed by atoms with Crippen LogP contribution in [0.25, 0.3) is 0 Å². The molecule has 7 heteroatoms. The average molecular weight is 271 g/mol. The first-order valence-electron chi connectivity index (χ1n) is 6.64. The number of urea groups is 1. The van der Waals surface area contributed by atoms with Crippen LogP contribution in [0.2, 0.25) is 0 Å². The first-order valence-corrected chi connectivity index (χ1v) is 6.64. The SMILES string of the molecule is CN1CCCC(NC(=O)N2C[C@@H](O)C[C@H]2C(=O)O)C1. The lowest BCUT2D eigenvalue weighted by atomic mass is 10.1. The van der Waals surface area contributed by atoms with Gasteiger partial charge in [-0.3, -0.25) is 0 Å². The Morgan fingerprint density at radius 2 is 2.05 bits per heavy atom. The Balaban J connectivity index is 1.93. The number of aliphatic hydroxyl groups is 1. The molecule has 0 aromatic carbocycles.